The van der Waals surface area contributed by atoms with E-state index < -0.39 is 127 Å². The molecule has 3 aromatic rings. The van der Waals surface area contributed by atoms with Crippen LogP contribution in [0.5, 0.6) is 17.2 Å². The largest absolute Gasteiger partial charge is 0.508 e. The van der Waals surface area contributed by atoms with Crippen LogP contribution in [-0.4, -0.2) is 149 Å². The van der Waals surface area contributed by atoms with Gasteiger partial charge in [-0.25, -0.2) is 0 Å². The second-order valence-electron chi connectivity index (χ2n) is 12.4. The second kappa shape index (κ2) is 14.3. The van der Waals surface area contributed by atoms with Crippen molar-refractivity contribution in [1.29, 1.82) is 0 Å². The minimum atomic E-state index is -1.97. The maximum absolute atomic E-state index is 13.6. The molecule has 14 atom stereocenters. The monoisotopic (exact) mass is 710 g/mol. The van der Waals surface area contributed by atoms with E-state index >= 15 is 0 Å². The van der Waals surface area contributed by atoms with Gasteiger partial charge in [-0.2, -0.15) is 0 Å². The Morgan fingerprint density at radius 2 is 1.48 bits per heavy atom. The Labute approximate surface area is 282 Å². The summed E-state index contributed by atoms with van der Waals surface area (Å²) in [5, 5.41) is 115. The first-order valence-electron chi connectivity index (χ1n) is 15.6. The number of hydrogen-bond acceptors (Lipinski definition) is 18. The van der Waals surface area contributed by atoms with Crippen LogP contribution in [0.2, 0.25) is 0 Å². The first-order chi connectivity index (χ1) is 23.7. The molecule has 3 fully saturated rings. The summed E-state index contributed by atoms with van der Waals surface area (Å²) >= 11 is 0. The van der Waals surface area contributed by atoms with Gasteiger partial charge in [0.2, 0.25) is 6.29 Å². The van der Waals surface area contributed by atoms with E-state index in [-0.39, 0.29) is 17.1 Å². The van der Waals surface area contributed by atoms with Crippen molar-refractivity contribution in [3.05, 3.63) is 52.2 Å². The van der Waals surface area contributed by atoms with Gasteiger partial charge in [-0.05, 0) is 31.2 Å². The predicted molar refractivity (Wildman–Crippen MR) is 164 cm³/mol. The van der Waals surface area contributed by atoms with Gasteiger partial charge in [0.1, 0.15) is 101 Å². The van der Waals surface area contributed by atoms with Crippen molar-refractivity contribution in [1.82, 2.24) is 0 Å². The molecule has 11 N–H and O–H groups in total. The third-order valence-corrected chi connectivity index (χ3v) is 9.09. The molecule has 0 saturated carbocycles. The smallest absolute Gasteiger partial charge is 0.228 e. The molecule has 0 unspecified atom stereocenters. The van der Waals surface area contributed by atoms with E-state index in [1.807, 2.05) is 0 Å². The Hall–Kier alpha value is -3.47. The Kier molecular flexibility index (Phi) is 10.4. The number of aliphatic hydroxyl groups is 9. The fourth-order valence-electron chi connectivity index (χ4n) is 6.20. The number of benzene rings is 2. The topological polar surface area (TPSA) is 299 Å². The minimum absolute atomic E-state index is 0.000380. The average Bonchev–Trinajstić information content (AvgIpc) is 3.09. The van der Waals surface area contributed by atoms with Crippen molar-refractivity contribution in [2.75, 3.05) is 13.2 Å². The van der Waals surface area contributed by atoms with Crippen LogP contribution in [0.4, 0.5) is 0 Å². The van der Waals surface area contributed by atoms with Gasteiger partial charge in [0.15, 0.2) is 11.7 Å². The molecule has 0 bridgehead atoms. The number of fused-ring (bicyclic) bond motifs is 1. The Morgan fingerprint density at radius 3 is 2.16 bits per heavy atom. The quantitative estimate of drug-likeness (QED) is 0.117. The van der Waals surface area contributed by atoms with E-state index in [2.05, 4.69) is 0 Å². The molecule has 0 aliphatic carbocycles. The summed E-state index contributed by atoms with van der Waals surface area (Å²) in [6.07, 6.45) is -23.8. The second-order valence-corrected chi connectivity index (χ2v) is 12.4. The van der Waals surface area contributed by atoms with Crippen LogP contribution >= 0.6 is 0 Å². The number of aromatic hydroxyl groups is 2. The van der Waals surface area contributed by atoms with Crippen LogP contribution in [0.1, 0.15) is 18.6 Å². The molecule has 18 nitrogen and oxygen atoms in total. The van der Waals surface area contributed by atoms with Gasteiger partial charge in [-0.1, -0.05) is 0 Å². The number of aliphatic hydroxyl groups excluding tert-OH is 9. The van der Waals surface area contributed by atoms with E-state index in [0.29, 0.717) is 5.56 Å². The number of hydrogen-bond donors (Lipinski definition) is 11. The number of phenols is 2. The number of phenolic OH excluding ortho intramolecular Hbond substituents is 2. The lowest BCUT2D eigenvalue weighted by molar-refractivity contribution is -0.338. The highest BCUT2D eigenvalue weighted by Crippen LogP contribution is 2.47. The molecule has 3 aliphatic heterocycles. The molecule has 3 saturated heterocycles. The van der Waals surface area contributed by atoms with Crippen LogP contribution in [0.15, 0.2) is 45.6 Å². The maximum Gasteiger partial charge on any atom is 0.228 e. The van der Waals surface area contributed by atoms with E-state index in [0.717, 1.165) is 12.1 Å². The van der Waals surface area contributed by atoms with Gasteiger partial charge in [0.25, 0.3) is 0 Å². The summed E-state index contributed by atoms with van der Waals surface area (Å²) in [6, 6.07) is 7.77. The standard InChI is InChI=1S/C32H38O18/c1-10-21(37)25(41)28(44)32(46-10)50-30-26(42)23(39)18(8-33)48-29(30)20-17(49-31-27(43)22(38)14(36)9-45-31)7-16-19(24(20)40)13(35)6-15(47-16)11-2-4-12(34)5-3-11/h2-7,10,14,18,21-23,25-34,36-44H,8-9H2,1H3/t10-,14+,18+,21-,22-,23+,25+,26-,27+,28+,29-,30+,31-,32-/m0/s1. The fraction of sp³-hybridized carbons (Fsp3) is 0.531. The van der Waals surface area contributed by atoms with Crippen LogP contribution in [0, 0.1) is 0 Å². The SMILES string of the molecule is C[C@@H]1O[C@@H](O[C@@H]2[C@@H](O)[C@H](O)[C@@H](CO)O[C@H]2c2c(O[C@@H]3OC[C@@H](O)[C@H](O)[C@H]3O)cc3oc(-c4ccc(O)cc4)cc(=O)c3c2O)[C@H](O)[C@H](O)[C@H]1O. The lowest BCUT2D eigenvalue weighted by atomic mass is 9.89. The molecule has 0 amide bonds. The Balaban J connectivity index is 1.51. The van der Waals surface area contributed by atoms with Gasteiger partial charge in [-0.3, -0.25) is 4.79 Å². The van der Waals surface area contributed by atoms with Gasteiger partial charge < -0.3 is 84.3 Å². The highest BCUT2D eigenvalue weighted by Gasteiger charge is 2.52. The Bertz CT molecular complexity index is 1710. The minimum Gasteiger partial charge on any atom is -0.508 e. The summed E-state index contributed by atoms with van der Waals surface area (Å²) in [6.45, 7) is -0.000866. The van der Waals surface area contributed by atoms with E-state index in [9.17, 15) is 61.0 Å². The molecule has 2 aromatic carbocycles. The number of rotatable bonds is 7. The molecule has 274 valence electrons. The molecule has 18 heteroatoms. The summed E-state index contributed by atoms with van der Waals surface area (Å²) in [5.74, 6) is -1.39. The fourth-order valence-corrected chi connectivity index (χ4v) is 6.20. The van der Waals surface area contributed by atoms with Crippen LogP contribution in [0.3, 0.4) is 0 Å². The molecular weight excluding hydrogens is 672 g/mol. The highest BCUT2D eigenvalue weighted by molar-refractivity contribution is 5.88. The van der Waals surface area contributed by atoms with Gasteiger partial charge in [0.05, 0.1) is 24.9 Å². The van der Waals surface area contributed by atoms with Gasteiger partial charge >= 0.3 is 0 Å². The third-order valence-electron chi connectivity index (χ3n) is 9.09. The summed E-state index contributed by atoms with van der Waals surface area (Å²) in [5.41, 5.74) is -1.20. The van der Waals surface area contributed by atoms with Crippen molar-refractivity contribution in [3.8, 4) is 28.6 Å². The van der Waals surface area contributed by atoms with Crippen LogP contribution in [0.25, 0.3) is 22.3 Å². The van der Waals surface area contributed by atoms with E-state index in [4.69, 9.17) is 28.1 Å². The van der Waals surface area contributed by atoms with Crippen molar-refractivity contribution in [2.45, 2.75) is 92.8 Å². The van der Waals surface area contributed by atoms with Gasteiger partial charge in [0, 0.05) is 17.7 Å². The normalized spacial score (nSPS) is 37.9. The molecule has 4 heterocycles. The van der Waals surface area contributed by atoms with Crippen molar-refractivity contribution >= 4 is 11.0 Å². The summed E-state index contributed by atoms with van der Waals surface area (Å²) in [4.78, 5) is 13.6. The van der Waals surface area contributed by atoms with Crippen molar-refractivity contribution < 1.29 is 84.3 Å². The van der Waals surface area contributed by atoms with Crippen molar-refractivity contribution in [2.24, 2.45) is 0 Å². The molecule has 1 aromatic heterocycles. The average molecular weight is 711 g/mol. The zero-order valence-electron chi connectivity index (χ0n) is 26.2. The molecule has 3 aliphatic rings. The predicted octanol–water partition coefficient (Wildman–Crippen LogP) is -2.94. The lowest BCUT2D eigenvalue weighted by Crippen LogP contribution is -2.62. The third kappa shape index (κ3) is 6.55. The van der Waals surface area contributed by atoms with Crippen LogP contribution < -0.4 is 10.2 Å². The number of ether oxygens (including phenoxy) is 5. The summed E-state index contributed by atoms with van der Waals surface area (Å²) < 4.78 is 34.5. The first kappa shape index (κ1) is 36.3. The van der Waals surface area contributed by atoms with E-state index in [1.54, 1.807) is 0 Å². The maximum atomic E-state index is 13.6. The zero-order valence-corrected chi connectivity index (χ0v) is 26.2. The summed E-state index contributed by atoms with van der Waals surface area (Å²) in [7, 11) is 0. The molecule has 6 rings (SSSR count). The van der Waals surface area contributed by atoms with Crippen LogP contribution in [-0.2, 0) is 18.9 Å². The lowest BCUT2D eigenvalue weighted by Gasteiger charge is -2.46. The highest BCUT2D eigenvalue weighted by atomic mass is 16.7. The van der Waals surface area contributed by atoms with Crippen molar-refractivity contribution in [3.63, 3.8) is 0 Å². The zero-order chi connectivity index (χ0) is 36.2. The first-order valence-corrected chi connectivity index (χ1v) is 15.6. The molecular formula is C32H38O18. The Morgan fingerprint density at radius 1 is 0.800 bits per heavy atom. The molecule has 0 spiro atoms. The van der Waals surface area contributed by atoms with E-state index in [1.165, 1.54) is 31.2 Å². The molecule has 50 heavy (non-hydrogen) atoms. The van der Waals surface area contributed by atoms with Gasteiger partial charge in [-0.15, -0.1) is 0 Å². The molecule has 0 radical (unpaired) electrons.